The predicted octanol–water partition coefficient (Wildman–Crippen LogP) is 5.78. The molecule has 2 N–H and O–H groups in total. The Labute approximate surface area is 220 Å². The summed E-state index contributed by atoms with van der Waals surface area (Å²) in [4.78, 5) is 28.9. The second-order valence-electron chi connectivity index (χ2n) is 9.02. The number of nitrogens with zero attached hydrogens (tertiary/aromatic N) is 1. The molecule has 0 fully saturated rings. The molecule has 2 unspecified atom stereocenters. The van der Waals surface area contributed by atoms with Gasteiger partial charge >= 0.3 is 5.97 Å². The number of pyridine rings is 1. The van der Waals surface area contributed by atoms with Crippen molar-refractivity contribution in [3.05, 3.63) is 93.2 Å². The minimum atomic E-state index is -1.15. The fourth-order valence-corrected chi connectivity index (χ4v) is 5.10. The smallest absolute Gasteiger partial charge is 0.326 e. The van der Waals surface area contributed by atoms with E-state index in [0.717, 1.165) is 37.0 Å². The first-order valence-corrected chi connectivity index (χ1v) is 12.8. The topological polar surface area (TPSA) is 88.5 Å². The van der Waals surface area contributed by atoms with Crippen LogP contribution >= 0.6 is 23.2 Å². The first kappa shape index (κ1) is 26.0. The number of ether oxygens (including phenoxy) is 1. The number of carbonyl (C=O) groups is 2. The highest BCUT2D eigenvalue weighted by molar-refractivity contribution is 6.39. The molecule has 0 aliphatic heterocycles. The highest BCUT2D eigenvalue weighted by Gasteiger charge is 2.24. The van der Waals surface area contributed by atoms with E-state index in [9.17, 15) is 14.7 Å². The van der Waals surface area contributed by atoms with Gasteiger partial charge in [-0.15, -0.1) is 0 Å². The number of carboxylic acids is 1. The molecule has 1 heterocycles. The minimum absolute atomic E-state index is 0.0597. The zero-order valence-electron chi connectivity index (χ0n) is 19.8. The molecule has 8 heteroatoms. The summed E-state index contributed by atoms with van der Waals surface area (Å²) in [6.07, 6.45) is 7.37. The second kappa shape index (κ2) is 12.2. The third kappa shape index (κ3) is 6.77. The number of benzene rings is 2. The van der Waals surface area contributed by atoms with Gasteiger partial charge in [0.15, 0.2) is 0 Å². The summed E-state index contributed by atoms with van der Waals surface area (Å²) in [6.45, 7) is 0.622. The number of aryl methyl sites for hydroxylation is 1. The lowest BCUT2D eigenvalue weighted by Crippen LogP contribution is -2.42. The summed E-state index contributed by atoms with van der Waals surface area (Å²) in [6, 6.07) is 15.0. The van der Waals surface area contributed by atoms with Gasteiger partial charge in [-0.2, -0.15) is 0 Å². The molecule has 4 rings (SSSR count). The average Bonchev–Trinajstić information content (AvgIpc) is 2.87. The largest absolute Gasteiger partial charge is 0.494 e. The molecule has 1 aromatic heterocycles. The summed E-state index contributed by atoms with van der Waals surface area (Å²) in [7, 11) is 0. The molecular weight excluding hydrogens is 499 g/mol. The molecule has 1 amide bonds. The monoisotopic (exact) mass is 526 g/mol. The van der Waals surface area contributed by atoms with E-state index in [1.165, 1.54) is 29.8 Å². The van der Waals surface area contributed by atoms with Crippen molar-refractivity contribution in [1.29, 1.82) is 0 Å². The Bertz CT molecular complexity index is 1200. The Hall–Kier alpha value is -3.09. The molecule has 0 saturated heterocycles. The maximum Gasteiger partial charge on any atom is 0.326 e. The Morgan fingerprint density at radius 1 is 1.08 bits per heavy atom. The highest BCUT2D eigenvalue weighted by Crippen LogP contribution is 2.27. The zero-order valence-corrected chi connectivity index (χ0v) is 21.3. The molecule has 0 radical (unpaired) electrons. The molecule has 1 aliphatic rings. The SMILES string of the molecule is O=C(NC(Cc1ccc(OCCCC2CCc3cccnc3C2)cc1)C(=O)O)c1c(Cl)cccc1Cl. The molecule has 0 bridgehead atoms. The van der Waals surface area contributed by atoms with E-state index in [2.05, 4.69) is 16.4 Å². The maximum absolute atomic E-state index is 12.6. The van der Waals surface area contributed by atoms with E-state index in [-0.39, 0.29) is 22.0 Å². The third-order valence-corrected chi connectivity index (χ3v) is 7.10. The molecule has 2 atom stereocenters. The van der Waals surface area contributed by atoms with Crippen LogP contribution < -0.4 is 10.1 Å². The third-order valence-electron chi connectivity index (χ3n) is 6.47. The minimum Gasteiger partial charge on any atom is -0.494 e. The number of hydrogen-bond donors (Lipinski definition) is 2. The van der Waals surface area contributed by atoms with Gasteiger partial charge in [-0.05, 0) is 79.5 Å². The van der Waals surface area contributed by atoms with Crippen molar-refractivity contribution in [3.63, 3.8) is 0 Å². The molecule has 6 nitrogen and oxygen atoms in total. The van der Waals surface area contributed by atoms with Gasteiger partial charge in [0, 0.05) is 18.3 Å². The zero-order chi connectivity index (χ0) is 25.5. The molecule has 1 aliphatic carbocycles. The Morgan fingerprint density at radius 3 is 2.56 bits per heavy atom. The first-order valence-electron chi connectivity index (χ1n) is 12.0. The van der Waals surface area contributed by atoms with Crippen molar-refractivity contribution in [2.45, 2.75) is 44.6 Å². The van der Waals surface area contributed by atoms with E-state index in [0.29, 0.717) is 12.5 Å². The lowest BCUT2D eigenvalue weighted by atomic mass is 9.84. The summed E-state index contributed by atoms with van der Waals surface area (Å²) in [5.41, 5.74) is 3.43. The molecule has 3 aromatic rings. The van der Waals surface area contributed by atoms with Crippen molar-refractivity contribution in [3.8, 4) is 5.75 Å². The number of hydrogen-bond acceptors (Lipinski definition) is 4. The fraction of sp³-hybridized carbons (Fsp3) is 0.321. The number of rotatable bonds is 10. The Balaban J connectivity index is 1.24. The summed E-state index contributed by atoms with van der Waals surface area (Å²) in [5, 5.41) is 12.5. The van der Waals surface area contributed by atoms with Gasteiger partial charge in [-0.1, -0.05) is 47.5 Å². The molecular formula is C28H28Cl2N2O4. The van der Waals surface area contributed by atoms with Crippen LogP contribution in [-0.4, -0.2) is 34.6 Å². The number of halogens is 2. The molecule has 0 spiro atoms. The van der Waals surface area contributed by atoms with Crippen molar-refractivity contribution in [1.82, 2.24) is 10.3 Å². The van der Waals surface area contributed by atoms with E-state index in [4.69, 9.17) is 27.9 Å². The van der Waals surface area contributed by atoms with Gasteiger partial charge < -0.3 is 15.2 Å². The van der Waals surface area contributed by atoms with Crippen molar-refractivity contribution in [2.24, 2.45) is 5.92 Å². The van der Waals surface area contributed by atoms with Crippen LogP contribution in [0.15, 0.2) is 60.8 Å². The van der Waals surface area contributed by atoms with Gasteiger partial charge in [-0.25, -0.2) is 4.79 Å². The van der Waals surface area contributed by atoms with E-state index < -0.39 is 17.9 Å². The first-order chi connectivity index (χ1) is 17.4. The van der Waals surface area contributed by atoms with Crippen molar-refractivity contribution < 1.29 is 19.4 Å². The van der Waals surface area contributed by atoms with Crippen LogP contribution in [0.1, 0.15) is 46.4 Å². The predicted molar refractivity (Wildman–Crippen MR) is 140 cm³/mol. The fourth-order valence-electron chi connectivity index (χ4n) is 4.53. The van der Waals surface area contributed by atoms with Crippen molar-refractivity contribution in [2.75, 3.05) is 6.61 Å². The van der Waals surface area contributed by atoms with Gasteiger partial charge in [0.2, 0.25) is 0 Å². The quantitative estimate of drug-likeness (QED) is 0.327. The number of carboxylic acid groups (broad SMARTS) is 1. The number of amides is 1. The summed E-state index contributed by atoms with van der Waals surface area (Å²) >= 11 is 12.1. The number of fused-ring (bicyclic) bond motifs is 1. The van der Waals surface area contributed by atoms with E-state index in [1.54, 1.807) is 6.07 Å². The standard InChI is InChI=1S/C28H28Cl2N2O4/c29-22-6-1-7-23(30)26(22)27(33)32-25(28(34)35)17-19-9-12-21(13-10-19)36-15-3-4-18-8-11-20-5-2-14-31-24(20)16-18/h1-2,5-7,9-10,12-14,18,25H,3-4,8,11,15-17H2,(H,32,33)(H,34,35). The van der Waals surface area contributed by atoms with Gasteiger partial charge in [0.25, 0.3) is 5.91 Å². The molecule has 2 aromatic carbocycles. The van der Waals surface area contributed by atoms with E-state index >= 15 is 0 Å². The Kier molecular flexibility index (Phi) is 8.83. The molecule has 188 valence electrons. The van der Waals surface area contributed by atoms with Crippen LogP contribution in [0.25, 0.3) is 0 Å². The highest BCUT2D eigenvalue weighted by atomic mass is 35.5. The lowest BCUT2D eigenvalue weighted by Gasteiger charge is -2.23. The van der Waals surface area contributed by atoms with Gasteiger partial charge in [-0.3, -0.25) is 9.78 Å². The molecule has 36 heavy (non-hydrogen) atoms. The van der Waals surface area contributed by atoms with Crippen LogP contribution in [-0.2, 0) is 24.1 Å². The average molecular weight is 527 g/mol. The van der Waals surface area contributed by atoms with Crippen LogP contribution in [0.4, 0.5) is 0 Å². The lowest BCUT2D eigenvalue weighted by molar-refractivity contribution is -0.139. The number of carbonyl (C=O) groups excluding carboxylic acids is 1. The van der Waals surface area contributed by atoms with Crippen LogP contribution in [0, 0.1) is 5.92 Å². The second-order valence-corrected chi connectivity index (χ2v) is 9.83. The summed E-state index contributed by atoms with van der Waals surface area (Å²) in [5.74, 6) is -0.405. The number of aliphatic carboxylic acids is 1. The molecule has 0 saturated carbocycles. The van der Waals surface area contributed by atoms with Crippen LogP contribution in [0.3, 0.4) is 0 Å². The van der Waals surface area contributed by atoms with Crippen LogP contribution in [0.2, 0.25) is 10.0 Å². The van der Waals surface area contributed by atoms with Gasteiger partial charge in [0.1, 0.15) is 11.8 Å². The van der Waals surface area contributed by atoms with Gasteiger partial charge in [0.05, 0.1) is 22.2 Å². The van der Waals surface area contributed by atoms with Crippen molar-refractivity contribution >= 4 is 35.1 Å². The normalized spacial score (nSPS) is 15.6. The van der Waals surface area contributed by atoms with Crippen LogP contribution in [0.5, 0.6) is 5.75 Å². The Morgan fingerprint density at radius 2 is 1.83 bits per heavy atom. The number of nitrogens with one attached hydrogen (secondary N) is 1. The van der Waals surface area contributed by atoms with E-state index in [1.807, 2.05) is 36.5 Å². The summed E-state index contributed by atoms with van der Waals surface area (Å²) < 4.78 is 5.89. The number of aromatic nitrogens is 1. The maximum atomic E-state index is 12.6.